The number of fused-ring (bicyclic) bond motifs is 1. The number of anilines is 1. The number of aromatic nitrogens is 2. The van der Waals surface area contributed by atoms with Crippen molar-refractivity contribution in [1.82, 2.24) is 14.3 Å². The normalized spacial score (nSPS) is 18.0. The number of benzene rings is 1. The van der Waals surface area contributed by atoms with Gasteiger partial charge in [0.25, 0.3) is 0 Å². The van der Waals surface area contributed by atoms with E-state index in [1.165, 1.54) is 43.7 Å². The van der Waals surface area contributed by atoms with Gasteiger partial charge < -0.3 is 10.1 Å². The summed E-state index contributed by atoms with van der Waals surface area (Å²) < 4.78 is 46.7. The monoisotopic (exact) mass is 422 g/mol. The van der Waals surface area contributed by atoms with Gasteiger partial charge in [0, 0.05) is 24.4 Å². The molecular formula is C19H23FN4O4S. The zero-order valence-electron chi connectivity index (χ0n) is 16.4. The summed E-state index contributed by atoms with van der Waals surface area (Å²) in [7, 11) is -3.79. The molecule has 10 heteroatoms. The van der Waals surface area contributed by atoms with Crippen LogP contribution >= 0.6 is 0 Å². The second-order valence-corrected chi connectivity index (χ2v) is 9.56. The van der Waals surface area contributed by atoms with E-state index in [4.69, 9.17) is 4.74 Å². The molecule has 0 saturated heterocycles. The fourth-order valence-corrected chi connectivity index (χ4v) is 4.52. The molecule has 0 bridgehead atoms. The molecule has 1 aliphatic heterocycles. The predicted octanol–water partition coefficient (Wildman–Crippen LogP) is 2.51. The zero-order chi connectivity index (χ0) is 21.2. The molecule has 1 atom stereocenters. The standard InChI is InChI=1S/C19H23FN4O4S/c1-4-29(26,27)24(12-18(25)23-17-11-21-7-8-22-17)15-10-19(2,3)28-16-6-5-13(20)9-14(15)16/h5-9,11,15H,4,10,12H2,1-3H3,(H,22,23,25). The van der Waals surface area contributed by atoms with Gasteiger partial charge >= 0.3 is 0 Å². The third-order valence-corrected chi connectivity index (χ3v) is 6.43. The fraction of sp³-hybridized carbons (Fsp3) is 0.421. The number of halogens is 1. The Morgan fingerprint density at radius 2 is 2.14 bits per heavy atom. The minimum absolute atomic E-state index is 0.201. The van der Waals surface area contributed by atoms with Crippen LogP contribution in [-0.2, 0) is 14.8 Å². The van der Waals surface area contributed by atoms with E-state index >= 15 is 0 Å². The third-order valence-electron chi connectivity index (χ3n) is 4.60. The van der Waals surface area contributed by atoms with E-state index in [-0.39, 0.29) is 18.0 Å². The topological polar surface area (TPSA) is 101 Å². The first-order chi connectivity index (χ1) is 13.6. The molecule has 0 radical (unpaired) electrons. The van der Waals surface area contributed by atoms with E-state index < -0.39 is 39.9 Å². The molecular weight excluding hydrogens is 399 g/mol. The quantitative estimate of drug-likeness (QED) is 0.768. The van der Waals surface area contributed by atoms with E-state index in [0.29, 0.717) is 11.3 Å². The zero-order valence-corrected chi connectivity index (χ0v) is 17.2. The molecule has 0 aliphatic carbocycles. The van der Waals surface area contributed by atoms with Gasteiger partial charge in [-0.25, -0.2) is 17.8 Å². The number of sulfonamides is 1. The molecule has 1 unspecified atom stereocenters. The summed E-state index contributed by atoms with van der Waals surface area (Å²) >= 11 is 0. The van der Waals surface area contributed by atoms with E-state index in [2.05, 4.69) is 15.3 Å². The summed E-state index contributed by atoms with van der Waals surface area (Å²) in [5, 5.41) is 2.54. The van der Waals surface area contributed by atoms with Crippen LogP contribution in [0.25, 0.3) is 0 Å². The van der Waals surface area contributed by atoms with Crippen molar-refractivity contribution < 1.29 is 22.3 Å². The van der Waals surface area contributed by atoms with Crippen molar-refractivity contribution in [3.8, 4) is 5.75 Å². The maximum absolute atomic E-state index is 13.9. The maximum atomic E-state index is 13.9. The lowest BCUT2D eigenvalue weighted by molar-refractivity contribution is -0.117. The number of rotatable bonds is 6. The second kappa shape index (κ2) is 8.03. The van der Waals surface area contributed by atoms with Crippen LogP contribution in [0.1, 0.15) is 38.8 Å². The highest BCUT2D eigenvalue weighted by molar-refractivity contribution is 7.89. The van der Waals surface area contributed by atoms with Gasteiger partial charge in [0.05, 0.1) is 24.5 Å². The van der Waals surface area contributed by atoms with Crippen LogP contribution in [-0.4, -0.2) is 46.5 Å². The Balaban J connectivity index is 1.97. The number of hydrogen-bond donors (Lipinski definition) is 1. The van der Waals surface area contributed by atoms with Gasteiger partial charge in [-0.3, -0.25) is 9.78 Å². The summed E-state index contributed by atoms with van der Waals surface area (Å²) in [5.74, 6) is -0.656. The molecule has 1 N–H and O–H groups in total. The Morgan fingerprint density at radius 3 is 2.79 bits per heavy atom. The molecule has 2 heterocycles. The highest BCUT2D eigenvalue weighted by Crippen LogP contribution is 2.43. The van der Waals surface area contributed by atoms with Crippen LogP contribution in [0.3, 0.4) is 0 Å². The summed E-state index contributed by atoms with van der Waals surface area (Å²) in [6, 6.07) is 3.25. The molecule has 8 nitrogen and oxygen atoms in total. The van der Waals surface area contributed by atoms with Crippen molar-refractivity contribution in [1.29, 1.82) is 0 Å². The van der Waals surface area contributed by atoms with Crippen molar-refractivity contribution in [2.24, 2.45) is 0 Å². The van der Waals surface area contributed by atoms with Gasteiger partial charge in [-0.05, 0) is 39.0 Å². The summed E-state index contributed by atoms with van der Waals surface area (Å²) in [6.45, 7) is 4.70. The Hall–Kier alpha value is -2.59. The van der Waals surface area contributed by atoms with Gasteiger partial charge in [-0.2, -0.15) is 4.31 Å². The number of nitrogens with zero attached hydrogens (tertiary/aromatic N) is 3. The molecule has 2 aromatic rings. The first kappa shape index (κ1) is 21.1. The third kappa shape index (κ3) is 4.88. The smallest absolute Gasteiger partial charge is 0.240 e. The lowest BCUT2D eigenvalue weighted by Crippen LogP contribution is -2.47. The molecule has 0 spiro atoms. The molecule has 29 heavy (non-hydrogen) atoms. The largest absolute Gasteiger partial charge is 0.487 e. The number of carbonyl (C=O) groups excluding carboxylic acids is 1. The van der Waals surface area contributed by atoms with E-state index in [0.717, 1.165) is 4.31 Å². The number of nitrogens with one attached hydrogen (secondary N) is 1. The average Bonchev–Trinajstić information content (AvgIpc) is 2.66. The van der Waals surface area contributed by atoms with Crippen LogP contribution < -0.4 is 10.1 Å². The minimum Gasteiger partial charge on any atom is -0.487 e. The molecule has 156 valence electrons. The summed E-state index contributed by atoms with van der Waals surface area (Å²) in [5.41, 5.74) is -0.299. The van der Waals surface area contributed by atoms with Crippen LogP contribution in [0.15, 0.2) is 36.8 Å². The van der Waals surface area contributed by atoms with Crippen molar-refractivity contribution in [2.45, 2.75) is 38.8 Å². The van der Waals surface area contributed by atoms with Crippen molar-refractivity contribution in [3.05, 3.63) is 48.2 Å². The van der Waals surface area contributed by atoms with Crippen molar-refractivity contribution in [3.63, 3.8) is 0 Å². The van der Waals surface area contributed by atoms with Gasteiger partial charge in [-0.15, -0.1) is 0 Å². The van der Waals surface area contributed by atoms with Gasteiger partial charge in [0.2, 0.25) is 15.9 Å². The highest BCUT2D eigenvalue weighted by Gasteiger charge is 2.41. The summed E-state index contributed by atoms with van der Waals surface area (Å²) in [6.07, 6.45) is 4.50. The van der Waals surface area contributed by atoms with Crippen LogP contribution in [0, 0.1) is 5.82 Å². The molecule has 1 aromatic carbocycles. The maximum Gasteiger partial charge on any atom is 0.240 e. The minimum atomic E-state index is -3.79. The van der Waals surface area contributed by atoms with Crippen LogP contribution in [0.5, 0.6) is 5.75 Å². The van der Waals surface area contributed by atoms with E-state index in [1.54, 1.807) is 0 Å². The average molecular weight is 422 g/mol. The summed E-state index contributed by atoms with van der Waals surface area (Å²) in [4.78, 5) is 20.4. The van der Waals surface area contributed by atoms with E-state index in [9.17, 15) is 17.6 Å². The Bertz CT molecular complexity index is 999. The molecule has 1 amide bonds. The van der Waals surface area contributed by atoms with Crippen molar-refractivity contribution in [2.75, 3.05) is 17.6 Å². The first-order valence-corrected chi connectivity index (χ1v) is 10.8. The first-order valence-electron chi connectivity index (χ1n) is 9.15. The SMILES string of the molecule is CCS(=O)(=O)N(CC(=O)Nc1cnccn1)C1CC(C)(C)Oc2ccc(F)cc21. The molecule has 1 aliphatic rings. The number of amides is 1. The Kier molecular flexibility index (Phi) is 5.85. The second-order valence-electron chi connectivity index (χ2n) is 7.35. The van der Waals surface area contributed by atoms with Gasteiger partial charge in [-0.1, -0.05) is 0 Å². The van der Waals surface area contributed by atoms with Crippen molar-refractivity contribution >= 4 is 21.7 Å². The molecule has 1 aromatic heterocycles. The number of ether oxygens (including phenoxy) is 1. The highest BCUT2D eigenvalue weighted by atomic mass is 32.2. The molecule has 0 saturated carbocycles. The Morgan fingerprint density at radius 1 is 1.38 bits per heavy atom. The number of hydrogen-bond acceptors (Lipinski definition) is 6. The van der Waals surface area contributed by atoms with E-state index in [1.807, 2.05) is 13.8 Å². The van der Waals surface area contributed by atoms with Crippen LogP contribution in [0.2, 0.25) is 0 Å². The van der Waals surface area contributed by atoms with Gasteiger partial charge in [0.1, 0.15) is 17.2 Å². The fourth-order valence-electron chi connectivity index (χ4n) is 3.30. The van der Waals surface area contributed by atoms with Crippen LogP contribution in [0.4, 0.5) is 10.2 Å². The van der Waals surface area contributed by atoms with Gasteiger partial charge in [0.15, 0.2) is 5.82 Å². The predicted molar refractivity (Wildman–Crippen MR) is 105 cm³/mol. The molecule has 3 rings (SSSR count). The Labute approximate surface area is 169 Å². The lowest BCUT2D eigenvalue weighted by Gasteiger charge is -2.41. The number of carbonyl (C=O) groups is 1. The molecule has 0 fully saturated rings. The lowest BCUT2D eigenvalue weighted by atomic mass is 9.89.